The molecular formula is C25H25BrN2O4. The Morgan fingerprint density at radius 1 is 0.906 bits per heavy atom. The second kappa shape index (κ2) is 10.0. The summed E-state index contributed by atoms with van der Waals surface area (Å²) in [6.45, 7) is 2.02. The third-order valence-corrected chi connectivity index (χ3v) is 6.47. The minimum absolute atomic E-state index is 0.0330. The molecule has 0 spiro atoms. The zero-order valence-electron chi connectivity index (χ0n) is 17.9. The summed E-state index contributed by atoms with van der Waals surface area (Å²) >= 11 is 3.59. The van der Waals surface area contributed by atoms with Crippen molar-refractivity contribution >= 4 is 38.5 Å². The van der Waals surface area contributed by atoms with Gasteiger partial charge in [-0.2, -0.15) is 0 Å². The van der Waals surface area contributed by atoms with E-state index < -0.39 is 0 Å². The molecule has 166 valence electrons. The van der Waals surface area contributed by atoms with E-state index in [0.717, 1.165) is 26.6 Å². The maximum Gasteiger partial charge on any atom is 0.260 e. The topological polar surface area (TPSA) is 59.1 Å². The predicted octanol–water partition coefficient (Wildman–Crippen LogP) is 3.90. The molecular weight excluding hydrogens is 472 g/mol. The number of carbonyl (C=O) groups excluding carboxylic acids is 2. The Morgan fingerprint density at radius 2 is 1.62 bits per heavy atom. The normalized spacial score (nSPS) is 13.8. The maximum absolute atomic E-state index is 12.7. The molecule has 0 unspecified atom stereocenters. The first kappa shape index (κ1) is 22.1. The summed E-state index contributed by atoms with van der Waals surface area (Å²) < 4.78 is 11.9. The molecule has 3 aromatic carbocycles. The molecule has 0 aliphatic carbocycles. The average molecular weight is 497 g/mol. The van der Waals surface area contributed by atoms with Gasteiger partial charge in [-0.15, -0.1) is 0 Å². The number of hydrogen-bond donors (Lipinski definition) is 0. The smallest absolute Gasteiger partial charge is 0.260 e. The lowest BCUT2D eigenvalue weighted by molar-refractivity contribution is -0.140. The van der Waals surface area contributed by atoms with Crippen LogP contribution in [0.4, 0.5) is 0 Å². The number of rotatable bonds is 6. The van der Waals surface area contributed by atoms with Crippen molar-refractivity contribution in [3.63, 3.8) is 0 Å². The number of halogens is 1. The molecule has 0 atom stereocenters. The number of piperazine rings is 1. The lowest BCUT2D eigenvalue weighted by atomic mass is 10.1. The van der Waals surface area contributed by atoms with Crippen LogP contribution >= 0.6 is 15.9 Å². The largest absolute Gasteiger partial charge is 0.497 e. The summed E-state index contributed by atoms with van der Waals surface area (Å²) in [5.41, 5.74) is 0.919. The Bertz CT molecular complexity index is 1130. The fourth-order valence-corrected chi connectivity index (χ4v) is 4.44. The molecule has 0 N–H and O–H groups in total. The van der Waals surface area contributed by atoms with Crippen LogP contribution in [0.3, 0.4) is 0 Å². The van der Waals surface area contributed by atoms with Gasteiger partial charge < -0.3 is 19.3 Å². The molecule has 1 saturated heterocycles. The van der Waals surface area contributed by atoms with Crippen LogP contribution in [0, 0.1) is 0 Å². The summed E-state index contributed by atoms with van der Waals surface area (Å²) in [6.07, 6.45) is 0.324. The van der Waals surface area contributed by atoms with E-state index in [2.05, 4.69) is 15.9 Å². The number of benzene rings is 3. The van der Waals surface area contributed by atoms with Gasteiger partial charge in [-0.1, -0.05) is 42.5 Å². The lowest BCUT2D eigenvalue weighted by Crippen LogP contribution is -2.52. The van der Waals surface area contributed by atoms with Gasteiger partial charge in [-0.05, 0) is 50.5 Å². The van der Waals surface area contributed by atoms with Crippen molar-refractivity contribution in [3.05, 3.63) is 70.7 Å². The molecule has 0 saturated carbocycles. The summed E-state index contributed by atoms with van der Waals surface area (Å²) in [5.74, 6) is 1.36. The Kier molecular flexibility index (Phi) is 6.95. The zero-order chi connectivity index (χ0) is 22.5. The van der Waals surface area contributed by atoms with Crippen LogP contribution in [-0.4, -0.2) is 61.5 Å². The Hall–Kier alpha value is -3.06. The summed E-state index contributed by atoms with van der Waals surface area (Å²) in [5, 5.41) is 2.15. The third kappa shape index (κ3) is 5.05. The molecule has 7 heteroatoms. The lowest BCUT2D eigenvalue weighted by Gasteiger charge is -2.34. The number of amides is 2. The molecule has 3 aromatic rings. The minimum Gasteiger partial charge on any atom is -0.497 e. The predicted molar refractivity (Wildman–Crippen MR) is 127 cm³/mol. The van der Waals surface area contributed by atoms with Crippen molar-refractivity contribution in [2.45, 2.75) is 6.42 Å². The van der Waals surface area contributed by atoms with Crippen molar-refractivity contribution in [3.8, 4) is 11.5 Å². The van der Waals surface area contributed by atoms with Gasteiger partial charge in [-0.3, -0.25) is 9.59 Å². The van der Waals surface area contributed by atoms with E-state index in [9.17, 15) is 9.59 Å². The molecule has 32 heavy (non-hydrogen) atoms. The fourth-order valence-electron chi connectivity index (χ4n) is 3.83. The van der Waals surface area contributed by atoms with Crippen molar-refractivity contribution < 1.29 is 19.1 Å². The van der Waals surface area contributed by atoms with Gasteiger partial charge in [-0.25, -0.2) is 0 Å². The number of fused-ring (bicyclic) bond motifs is 1. The summed E-state index contributed by atoms with van der Waals surface area (Å²) in [4.78, 5) is 28.9. The van der Waals surface area contributed by atoms with Crippen LogP contribution in [-0.2, 0) is 16.0 Å². The van der Waals surface area contributed by atoms with Crippen LogP contribution < -0.4 is 9.47 Å². The number of ether oxygens (including phenoxy) is 2. The van der Waals surface area contributed by atoms with E-state index in [1.165, 1.54) is 0 Å². The third-order valence-electron chi connectivity index (χ3n) is 5.65. The first-order valence-corrected chi connectivity index (χ1v) is 11.3. The summed E-state index contributed by atoms with van der Waals surface area (Å²) in [6, 6.07) is 19.4. The number of methoxy groups -OCH3 is 1. The highest BCUT2D eigenvalue weighted by atomic mass is 79.9. The van der Waals surface area contributed by atoms with E-state index in [1.54, 1.807) is 12.0 Å². The number of nitrogens with zero attached hydrogens (tertiary/aromatic N) is 2. The number of hydrogen-bond acceptors (Lipinski definition) is 4. The highest BCUT2D eigenvalue weighted by Gasteiger charge is 2.24. The minimum atomic E-state index is -0.0787. The Balaban J connectivity index is 1.28. The fraction of sp³-hybridized carbons (Fsp3) is 0.280. The van der Waals surface area contributed by atoms with Crippen LogP contribution in [0.5, 0.6) is 11.5 Å². The SMILES string of the molecule is COc1cccc(CC(=O)N2CCN(C(=O)COc3ccc4ccccc4c3Br)CC2)c1. The molecule has 1 heterocycles. The zero-order valence-corrected chi connectivity index (χ0v) is 19.5. The first-order valence-electron chi connectivity index (χ1n) is 10.5. The van der Waals surface area contributed by atoms with Gasteiger partial charge in [0, 0.05) is 26.2 Å². The van der Waals surface area contributed by atoms with Crippen molar-refractivity contribution in [1.29, 1.82) is 0 Å². The second-order valence-electron chi connectivity index (χ2n) is 7.68. The molecule has 0 aromatic heterocycles. The van der Waals surface area contributed by atoms with E-state index in [-0.39, 0.29) is 18.4 Å². The van der Waals surface area contributed by atoms with Gasteiger partial charge in [0.25, 0.3) is 5.91 Å². The highest BCUT2D eigenvalue weighted by molar-refractivity contribution is 9.10. The molecule has 4 rings (SSSR count). The van der Waals surface area contributed by atoms with Crippen molar-refractivity contribution in [1.82, 2.24) is 9.80 Å². The highest BCUT2D eigenvalue weighted by Crippen LogP contribution is 2.33. The van der Waals surface area contributed by atoms with Gasteiger partial charge in [0.1, 0.15) is 11.5 Å². The Morgan fingerprint density at radius 3 is 2.38 bits per heavy atom. The molecule has 6 nitrogen and oxygen atoms in total. The average Bonchev–Trinajstić information content (AvgIpc) is 2.84. The van der Waals surface area contributed by atoms with E-state index in [4.69, 9.17) is 9.47 Å². The second-order valence-corrected chi connectivity index (χ2v) is 8.47. The molecule has 1 aliphatic rings. The quantitative estimate of drug-likeness (QED) is 0.519. The standard InChI is InChI=1S/C25H25BrN2O4/c1-31-20-7-4-5-18(15-20)16-23(29)27-11-13-28(14-12-27)24(30)17-32-22-10-9-19-6-2-3-8-21(19)25(22)26/h2-10,15H,11-14,16-17H2,1H3. The van der Waals surface area contributed by atoms with Gasteiger partial charge >= 0.3 is 0 Å². The van der Waals surface area contributed by atoms with Crippen LogP contribution in [0.15, 0.2) is 65.1 Å². The molecule has 1 fully saturated rings. The van der Waals surface area contributed by atoms with Crippen LogP contribution in [0.25, 0.3) is 10.8 Å². The Labute approximate surface area is 195 Å². The van der Waals surface area contributed by atoms with E-state index in [1.807, 2.05) is 65.6 Å². The summed E-state index contributed by atoms with van der Waals surface area (Å²) in [7, 11) is 1.61. The van der Waals surface area contributed by atoms with Gasteiger partial charge in [0.15, 0.2) is 6.61 Å². The molecule has 0 radical (unpaired) electrons. The van der Waals surface area contributed by atoms with Crippen LogP contribution in [0.1, 0.15) is 5.56 Å². The monoisotopic (exact) mass is 496 g/mol. The van der Waals surface area contributed by atoms with Crippen molar-refractivity contribution in [2.24, 2.45) is 0 Å². The molecule has 1 aliphatic heterocycles. The van der Waals surface area contributed by atoms with Crippen molar-refractivity contribution in [2.75, 3.05) is 39.9 Å². The van der Waals surface area contributed by atoms with Gasteiger partial charge in [0.2, 0.25) is 5.91 Å². The van der Waals surface area contributed by atoms with E-state index in [0.29, 0.717) is 38.3 Å². The van der Waals surface area contributed by atoms with E-state index >= 15 is 0 Å². The first-order chi connectivity index (χ1) is 15.5. The number of carbonyl (C=O) groups is 2. The van der Waals surface area contributed by atoms with Crippen LogP contribution in [0.2, 0.25) is 0 Å². The molecule has 0 bridgehead atoms. The van der Waals surface area contributed by atoms with Gasteiger partial charge in [0.05, 0.1) is 18.0 Å². The molecule has 2 amide bonds. The maximum atomic E-state index is 12.7.